The third kappa shape index (κ3) is 14.1. The Hall–Kier alpha value is 0. The molecule has 0 N–H and O–H groups in total. The lowest BCUT2D eigenvalue weighted by molar-refractivity contribution is 0.432. The van der Waals surface area contributed by atoms with Gasteiger partial charge in [-0.1, -0.05) is 111 Å². The fraction of sp³-hybridized carbons (Fsp3) is 0.944. The van der Waals surface area contributed by atoms with E-state index in [0.29, 0.717) is 0 Å². The van der Waals surface area contributed by atoms with Crippen molar-refractivity contribution in [2.75, 3.05) is 0 Å². The topological polar surface area (TPSA) is 0 Å². The van der Waals surface area contributed by atoms with Gasteiger partial charge >= 0.3 is 0 Å². The molecule has 0 saturated carbocycles. The summed E-state index contributed by atoms with van der Waals surface area (Å²) in [6.07, 6.45) is 19.7. The van der Waals surface area contributed by atoms with Crippen LogP contribution in [0.4, 0.5) is 0 Å². The van der Waals surface area contributed by atoms with Crippen LogP contribution in [0.15, 0.2) is 0 Å². The highest BCUT2D eigenvalue weighted by Crippen LogP contribution is 2.18. The molecule has 1 radical (unpaired) electrons. The summed E-state index contributed by atoms with van der Waals surface area (Å²) in [6.45, 7) is 8.63. The lowest BCUT2D eigenvalue weighted by Crippen LogP contribution is -1.95. The van der Waals surface area contributed by atoms with E-state index in [1.165, 1.54) is 83.5 Å². The van der Waals surface area contributed by atoms with Gasteiger partial charge in [-0.3, -0.25) is 0 Å². The van der Waals surface area contributed by atoms with Crippen LogP contribution in [-0.4, -0.2) is 0 Å². The third-order valence-electron chi connectivity index (χ3n) is 4.00. The highest BCUT2D eigenvalue weighted by atomic mass is 14.1. The Bertz CT molecular complexity index is 139. The van der Waals surface area contributed by atoms with Crippen molar-refractivity contribution in [1.82, 2.24) is 0 Å². The van der Waals surface area contributed by atoms with Crippen LogP contribution in [0, 0.1) is 12.8 Å². The summed E-state index contributed by atoms with van der Waals surface area (Å²) in [7, 11) is 0. The highest BCUT2D eigenvalue weighted by molar-refractivity contribution is 4.56. The molecular weight excluding hydrogens is 216 g/mol. The Morgan fingerprint density at radius 2 is 1.11 bits per heavy atom. The Morgan fingerprint density at radius 3 is 1.61 bits per heavy atom. The number of hydrogen-bond acceptors (Lipinski definition) is 0. The first-order chi connectivity index (χ1) is 8.81. The van der Waals surface area contributed by atoms with Crippen LogP contribution in [0.5, 0.6) is 0 Å². The largest absolute Gasteiger partial charge is 0.0654 e. The summed E-state index contributed by atoms with van der Waals surface area (Å²) >= 11 is 0. The highest BCUT2D eigenvalue weighted by Gasteiger charge is 2.01. The lowest BCUT2D eigenvalue weighted by atomic mass is 9.96. The first kappa shape index (κ1) is 18.0. The van der Waals surface area contributed by atoms with E-state index in [1.54, 1.807) is 0 Å². The average Bonchev–Trinajstić information content (AvgIpc) is 2.37. The molecule has 1 unspecified atom stereocenters. The van der Waals surface area contributed by atoms with Gasteiger partial charge in [-0.25, -0.2) is 0 Å². The molecule has 0 rings (SSSR count). The van der Waals surface area contributed by atoms with Crippen LogP contribution in [0.1, 0.15) is 104 Å². The molecule has 0 amide bonds. The summed E-state index contributed by atoms with van der Waals surface area (Å²) in [6, 6.07) is 0. The summed E-state index contributed by atoms with van der Waals surface area (Å²) in [5, 5.41) is 0. The zero-order valence-corrected chi connectivity index (χ0v) is 13.2. The predicted molar refractivity (Wildman–Crippen MR) is 84.8 cm³/mol. The normalized spacial score (nSPS) is 12.8. The second-order valence-electron chi connectivity index (χ2n) is 6.07. The van der Waals surface area contributed by atoms with Gasteiger partial charge in [-0.05, 0) is 5.92 Å². The molecule has 109 valence electrons. The molecule has 0 bridgehead atoms. The number of unbranched alkanes of at least 4 members (excludes halogenated alkanes) is 10. The van der Waals surface area contributed by atoms with Crippen molar-refractivity contribution in [3.05, 3.63) is 6.92 Å². The van der Waals surface area contributed by atoms with Gasteiger partial charge in [0.05, 0.1) is 0 Å². The summed E-state index contributed by atoms with van der Waals surface area (Å²) in [5.41, 5.74) is 0. The van der Waals surface area contributed by atoms with Gasteiger partial charge in [0.25, 0.3) is 0 Å². The number of hydrogen-bond donors (Lipinski definition) is 0. The summed E-state index contributed by atoms with van der Waals surface area (Å²) in [5.74, 6) is 0.959. The third-order valence-corrected chi connectivity index (χ3v) is 4.00. The Kier molecular flexibility index (Phi) is 15.1. The van der Waals surface area contributed by atoms with Gasteiger partial charge < -0.3 is 0 Å². The number of rotatable bonds is 14. The fourth-order valence-electron chi connectivity index (χ4n) is 2.62. The van der Waals surface area contributed by atoms with Gasteiger partial charge in [-0.2, -0.15) is 0 Å². The first-order valence-corrected chi connectivity index (χ1v) is 8.60. The van der Waals surface area contributed by atoms with E-state index < -0.39 is 0 Å². The van der Waals surface area contributed by atoms with E-state index >= 15 is 0 Å². The molecule has 0 spiro atoms. The Morgan fingerprint density at radius 1 is 0.667 bits per heavy atom. The molecule has 0 aromatic rings. The lowest BCUT2D eigenvalue weighted by Gasteiger charge is -2.10. The van der Waals surface area contributed by atoms with Crippen LogP contribution in [0.3, 0.4) is 0 Å². The van der Waals surface area contributed by atoms with E-state index in [2.05, 4.69) is 20.8 Å². The summed E-state index contributed by atoms with van der Waals surface area (Å²) < 4.78 is 0. The average molecular weight is 253 g/mol. The van der Waals surface area contributed by atoms with Crippen molar-refractivity contribution in [2.45, 2.75) is 104 Å². The molecule has 0 aromatic heterocycles. The molecule has 1 atom stereocenters. The minimum Gasteiger partial charge on any atom is -0.0654 e. The van der Waals surface area contributed by atoms with Gasteiger partial charge in [0.15, 0.2) is 0 Å². The van der Waals surface area contributed by atoms with E-state index in [1.807, 2.05) is 0 Å². The van der Waals surface area contributed by atoms with Crippen molar-refractivity contribution in [2.24, 2.45) is 5.92 Å². The second-order valence-corrected chi connectivity index (χ2v) is 6.07. The van der Waals surface area contributed by atoms with Gasteiger partial charge in [0, 0.05) is 0 Å². The zero-order chi connectivity index (χ0) is 13.5. The molecule has 0 aliphatic rings. The maximum atomic E-state index is 3.89. The molecule has 0 aliphatic heterocycles. The molecule has 0 saturated heterocycles. The van der Waals surface area contributed by atoms with Crippen molar-refractivity contribution >= 4 is 0 Å². The minimum absolute atomic E-state index is 0.959. The van der Waals surface area contributed by atoms with Crippen LogP contribution < -0.4 is 0 Å². The molecule has 0 aliphatic carbocycles. The quantitative estimate of drug-likeness (QED) is 0.294. The maximum Gasteiger partial charge on any atom is -0.0443 e. The molecule has 0 heteroatoms. The molecule has 0 fully saturated rings. The van der Waals surface area contributed by atoms with Gasteiger partial charge in [0.1, 0.15) is 0 Å². The van der Waals surface area contributed by atoms with Crippen LogP contribution in [-0.2, 0) is 0 Å². The molecule has 0 nitrogen and oxygen atoms in total. The standard InChI is InChI=1S/C18H37/c1-4-6-8-10-11-13-15-17-18(3)16-14-12-9-7-5-2/h18H,2,4-17H2,1,3H3. The molecule has 0 aromatic carbocycles. The van der Waals surface area contributed by atoms with Crippen molar-refractivity contribution in [3.8, 4) is 0 Å². The Balaban J connectivity index is 3.09. The molecule has 0 heterocycles. The van der Waals surface area contributed by atoms with E-state index in [9.17, 15) is 0 Å². The smallest absolute Gasteiger partial charge is 0.0443 e. The minimum atomic E-state index is 0.959. The van der Waals surface area contributed by atoms with Crippen molar-refractivity contribution < 1.29 is 0 Å². The predicted octanol–water partition coefficient (Wildman–Crippen LogP) is 6.94. The SMILES string of the molecule is [CH2]CCCCCCC(C)CCCCCCCCC. The fourth-order valence-corrected chi connectivity index (χ4v) is 2.62. The van der Waals surface area contributed by atoms with Crippen LogP contribution in [0.2, 0.25) is 0 Å². The van der Waals surface area contributed by atoms with Crippen molar-refractivity contribution in [3.63, 3.8) is 0 Å². The van der Waals surface area contributed by atoms with E-state index in [0.717, 1.165) is 12.3 Å². The molecular formula is C18H37. The zero-order valence-electron chi connectivity index (χ0n) is 13.2. The van der Waals surface area contributed by atoms with Gasteiger partial charge in [0.2, 0.25) is 0 Å². The molecule has 18 heavy (non-hydrogen) atoms. The maximum absolute atomic E-state index is 3.89. The van der Waals surface area contributed by atoms with E-state index in [4.69, 9.17) is 0 Å². The van der Waals surface area contributed by atoms with Crippen LogP contribution in [0.25, 0.3) is 0 Å². The first-order valence-electron chi connectivity index (χ1n) is 8.60. The van der Waals surface area contributed by atoms with Crippen LogP contribution >= 0.6 is 0 Å². The van der Waals surface area contributed by atoms with Gasteiger partial charge in [-0.15, -0.1) is 0 Å². The second kappa shape index (κ2) is 15.1. The Labute approximate surface area is 117 Å². The monoisotopic (exact) mass is 253 g/mol. The van der Waals surface area contributed by atoms with Crippen molar-refractivity contribution in [1.29, 1.82) is 0 Å². The van der Waals surface area contributed by atoms with E-state index in [-0.39, 0.29) is 0 Å². The summed E-state index contributed by atoms with van der Waals surface area (Å²) in [4.78, 5) is 0.